The summed E-state index contributed by atoms with van der Waals surface area (Å²) in [6, 6.07) is 21.7. The number of fused-ring (bicyclic) bond motifs is 7. The van der Waals surface area contributed by atoms with Crippen LogP contribution in [0.5, 0.6) is 5.75 Å². The smallest absolute Gasteiger partial charge is 0.412 e. The highest BCUT2D eigenvalue weighted by Crippen LogP contribution is 2.46. The van der Waals surface area contributed by atoms with E-state index in [-0.39, 0.29) is 29.2 Å². The summed E-state index contributed by atoms with van der Waals surface area (Å²) in [6.07, 6.45) is 0.0355. The number of hydrogen-bond donors (Lipinski definition) is 3. The molecule has 248 valence electrons. The SMILES string of the molecule is CC(C)(C)OC(=O)Nc1ccc2oc(C(=O)N3CCc4c3ccc3[nH]c(C(=O)N5C[C@@H](CCl)c6c5cc(O)c5ccccc65)cc43)cc2c1. The lowest BCUT2D eigenvalue weighted by atomic mass is 9.95. The van der Waals surface area contributed by atoms with E-state index >= 15 is 0 Å². The van der Waals surface area contributed by atoms with Crippen LogP contribution in [0.15, 0.2) is 77.2 Å². The average molecular weight is 677 g/mol. The number of rotatable bonds is 4. The maximum absolute atomic E-state index is 14.0. The van der Waals surface area contributed by atoms with E-state index in [2.05, 4.69) is 10.3 Å². The van der Waals surface area contributed by atoms with Crippen molar-refractivity contribution >= 4 is 79.2 Å². The quantitative estimate of drug-likeness (QED) is 0.161. The summed E-state index contributed by atoms with van der Waals surface area (Å²) in [5.41, 5.74) is 4.95. The summed E-state index contributed by atoms with van der Waals surface area (Å²) in [7, 11) is 0. The zero-order chi connectivity index (χ0) is 34.2. The van der Waals surface area contributed by atoms with Crippen LogP contribution >= 0.6 is 11.6 Å². The van der Waals surface area contributed by atoms with Crippen LogP contribution in [0, 0.1) is 0 Å². The number of nitrogens with one attached hydrogen (secondary N) is 2. The number of ether oxygens (including phenoxy) is 1. The Morgan fingerprint density at radius 3 is 2.53 bits per heavy atom. The van der Waals surface area contributed by atoms with Crippen molar-refractivity contribution in [1.29, 1.82) is 0 Å². The molecule has 2 aliphatic rings. The normalized spacial score (nSPS) is 15.6. The molecule has 0 fully saturated rings. The number of nitrogens with zero attached hydrogens (tertiary/aromatic N) is 2. The number of hydrogen-bond acceptors (Lipinski definition) is 6. The topological polar surface area (TPSA) is 128 Å². The van der Waals surface area contributed by atoms with Crippen LogP contribution in [0.4, 0.5) is 21.9 Å². The van der Waals surface area contributed by atoms with Crippen LogP contribution in [0.1, 0.15) is 58.9 Å². The number of amides is 3. The first kappa shape index (κ1) is 30.8. The number of furan rings is 1. The van der Waals surface area contributed by atoms with Crippen LogP contribution in [0.25, 0.3) is 32.6 Å². The standard InChI is InChI=1S/C38H33ClN4O6/c1-38(2,3)49-37(47)40-22-8-11-32-20(14-22)15-33(48-32)36(46)42-13-12-23-26-16-28(41-27(26)9-10-29(23)42)35(45)43-19-21(18-39)34-25-7-5-4-6-24(25)31(44)17-30(34)43/h4-11,14-17,21,41,44H,12-13,18-19H2,1-3H3,(H,40,47)/t21-/m1/s1. The molecule has 0 unspecified atom stereocenters. The molecule has 4 aromatic carbocycles. The van der Waals surface area contributed by atoms with Crippen molar-refractivity contribution in [3.63, 3.8) is 0 Å². The van der Waals surface area contributed by atoms with Gasteiger partial charge in [0, 0.05) is 64.0 Å². The molecule has 1 atom stereocenters. The van der Waals surface area contributed by atoms with Gasteiger partial charge in [0.2, 0.25) is 0 Å². The van der Waals surface area contributed by atoms with Crippen molar-refractivity contribution in [2.75, 3.05) is 34.1 Å². The molecule has 0 bridgehead atoms. The van der Waals surface area contributed by atoms with E-state index in [9.17, 15) is 19.5 Å². The molecule has 3 N–H and O–H groups in total. The minimum atomic E-state index is -0.632. The number of aromatic amines is 1. The second-order valence-electron chi connectivity index (χ2n) is 13.5. The van der Waals surface area contributed by atoms with E-state index in [1.165, 1.54) is 0 Å². The van der Waals surface area contributed by atoms with Gasteiger partial charge in [0.15, 0.2) is 5.76 Å². The molecular formula is C38H33ClN4O6. The summed E-state index contributed by atoms with van der Waals surface area (Å²) in [4.78, 5) is 46.7. The molecule has 3 amide bonds. The van der Waals surface area contributed by atoms with E-state index in [1.54, 1.807) is 60.9 Å². The van der Waals surface area contributed by atoms with E-state index in [0.717, 1.165) is 38.5 Å². The minimum Gasteiger partial charge on any atom is -0.507 e. The molecule has 10 nitrogen and oxygen atoms in total. The van der Waals surface area contributed by atoms with Crippen molar-refractivity contribution in [1.82, 2.24) is 4.98 Å². The van der Waals surface area contributed by atoms with Gasteiger partial charge in [-0.3, -0.25) is 14.9 Å². The molecule has 0 aliphatic carbocycles. The summed E-state index contributed by atoms with van der Waals surface area (Å²) >= 11 is 6.40. The van der Waals surface area contributed by atoms with Crippen LogP contribution in [0.2, 0.25) is 0 Å². The number of phenols is 1. The van der Waals surface area contributed by atoms with Crippen LogP contribution < -0.4 is 15.1 Å². The van der Waals surface area contributed by atoms with Gasteiger partial charge in [-0.05, 0) is 86.2 Å². The predicted octanol–water partition coefficient (Wildman–Crippen LogP) is 8.31. The fourth-order valence-corrected chi connectivity index (χ4v) is 7.36. The molecule has 8 rings (SSSR count). The van der Waals surface area contributed by atoms with Crippen molar-refractivity contribution in [3.8, 4) is 5.75 Å². The van der Waals surface area contributed by atoms with Gasteiger partial charge in [0.25, 0.3) is 11.8 Å². The predicted molar refractivity (Wildman–Crippen MR) is 191 cm³/mol. The highest BCUT2D eigenvalue weighted by atomic mass is 35.5. The Morgan fingerprint density at radius 2 is 1.76 bits per heavy atom. The molecule has 6 aromatic rings. The minimum absolute atomic E-state index is 0.0783. The molecule has 49 heavy (non-hydrogen) atoms. The number of aromatic nitrogens is 1. The molecule has 4 heterocycles. The lowest BCUT2D eigenvalue weighted by Gasteiger charge is -2.19. The zero-order valence-electron chi connectivity index (χ0n) is 27.1. The molecule has 0 saturated heterocycles. The van der Waals surface area contributed by atoms with Crippen molar-refractivity contribution < 1.29 is 28.6 Å². The maximum Gasteiger partial charge on any atom is 0.412 e. The van der Waals surface area contributed by atoms with Crippen LogP contribution in [0.3, 0.4) is 0 Å². The number of halogens is 1. The van der Waals surface area contributed by atoms with Gasteiger partial charge in [-0.25, -0.2) is 4.79 Å². The largest absolute Gasteiger partial charge is 0.507 e. The highest BCUT2D eigenvalue weighted by molar-refractivity contribution is 6.19. The van der Waals surface area contributed by atoms with E-state index in [4.69, 9.17) is 20.8 Å². The van der Waals surface area contributed by atoms with E-state index in [0.29, 0.717) is 53.4 Å². The monoisotopic (exact) mass is 676 g/mol. The van der Waals surface area contributed by atoms with Gasteiger partial charge in [-0.1, -0.05) is 24.3 Å². The molecule has 2 aromatic heterocycles. The molecular weight excluding hydrogens is 644 g/mol. The third kappa shape index (κ3) is 5.23. The second-order valence-corrected chi connectivity index (χ2v) is 13.9. The zero-order valence-corrected chi connectivity index (χ0v) is 27.9. The maximum atomic E-state index is 14.0. The van der Waals surface area contributed by atoms with Crippen molar-refractivity contribution in [2.24, 2.45) is 0 Å². The third-order valence-corrected chi connectivity index (χ3v) is 9.56. The van der Waals surface area contributed by atoms with Gasteiger partial charge in [-0.15, -0.1) is 11.6 Å². The Morgan fingerprint density at radius 1 is 0.959 bits per heavy atom. The van der Waals surface area contributed by atoms with Gasteiger partial charge in [0.05, 0.1) is 5.69 Å². The summed E-state index contributed by atoms with van der Waals surface area (Å²) in [6.45, 7) is 6.22. The average Bonchev–Trinajstić information content (AvgIpc) is 3.86. The first-order valence-electron chi connectivity index (χ1n) is 16.1. The van der Waals surface area contributed by atoms with Crippen molar-refractivity contribution in [3.05, 3.63) is 95.4 Å². The number of H-pyrrole nitrogens is 1. The van der Waals surface area contributed by atoms with Gasteiger partial charge < -0.3 is 29.0 Å². The summed E-state index contributed by atoms with van der Waals surface area (Å²) in [5.74, 6) is 0.0529. The number of anilines is 3. The van der Waals surface area contributed by atoms with E-state index in [1.807, 2.05) is 42.5 Å². The Kier molecular flexibility index (Phi) is 7.11. The third-order valence-electron chi connectivity index (χ3n) is 9.19. The fraction of sp³-hybridized carbons (Fsp3) is 0.237. The number of carbonyl (C=O) groups excluding carboxylic acids is 3. The number of benzene rings is 4. The number of alkyl halides is 1. The lowest BCUT2D eigenvalue weighted by molar-refractivity contribution is 0.0635. The Balaban J connectivity index is 1.06. The first-order valence-corrected chi connectivity index (χ1v) is 16.6. The lowest BCUT2D eigenvalue weighted by Crippen LogP contribution is -2.30. The fourth-order valence-electron chi connectivity index (χ4n) is 7.11. The van der Waals surface area contributed by atoms with Crippen LogP contribution in [-0.4, -0.2) is 52.6 Å². The Bertz CT molecular complexity index is 2350. The molecule has 0 saturated carbocycles. The molecule has 0 radical (unpaired) electrons. The number of carbonyl (C=O) groups is 3. The molecule has 11 heteroatoms. The van der Waals surface area contributed by atoms with Gasteiger partial charge in [0.1, 0.15) is 22.6 Å². The molecule has 2 aliphatic heterocycles. The number of aromatic hydroxyl groups is 1. The molecule has 0 spiro atoms. The van der Waals surface area contributed by atoms with E-state index < -0.39 is 11.7 Å². The second kappa shape index (κ2) is 11.3. The van der Waals surface area contributed by atoms with Crippen molar-refractivity contribution in [2.45, 2.75) is 38.7 Å². The van der Waals surface area contributed by atoms with Crippen LogP contribution in [-0.2, 0) is 11.2 Å². The summed E-state index contributed by atoms with van der Waals surface area (Å²) in [5, 5.41) is 16.7. The summed E-state index contributed by atoms with van der Waals surface area (Å²) < 4.78 is 11.3. The number of phenolic OH excluding ortho intramolecular Hbond substituents is 1. The first-order chi connectivity index (χ1) is 23.5. The van der Waals surface area contributed by atoms with Gasteiger partial charge >= 0.3 is 6.09 Å². The Hall–Kier alpha value is -5.48. The van der Waals surface area contributed by atoms with Gasteiger partial charge in [-0.2, -0.15) is 0 Å². The highest BCUT2D eigenvalue weighted by Gasteiger charge is 2.36. The Labute approximate surface area is 286 Å².